The average Bonchev–Trinajstić information content (AvgIpc) is 2.81. The second-order valence-electron chi connectivity index (χ2n) is 7.06. The van der Waals surface area contributed by atoms with Crippen molar-refractivity contribution in [2.45, 2.75) is 25.9 Å². The lowest BCUT2D eigenvalue weighted by Crippen LogP contribution is -2.46. The molecule has 1 unspecified atom stereocenters. The van der Waals surface area contributed by atoms with Crippen LogP contribution in [0.15, 0.2) is 48.5 Å². The van der Waals surface area contributed by atoms with Gasteiger partial charge in [0, 0.05) is 0 Å². The number of nitrogens with one attached hydrogen (secondary N) is 2. The molecule has 170 valence electrons. The van der Waals surface area contributed by atoms with Crippen LogP contribution in [0.2, 0.25) is 0 Å². The third-order valence-corrected chi connectivity index (χ3v) is 4.50. The Morgan fingerprint density at radius 2 is 1.81 bits per heavy atom. The molecule has 0 aliphatic carbocycles. The van der Waals surface area contributed by atoms with Crippen molar-refractivity contribution in [1.29, 1.82) is 0 Å². The Bertz CT molecular complexity index is 930. The van der Waals surface area contributed by atoms with Crippen molar-refractivity contribution < 1.29 is 33.3 Å². The van der Waals surface area contributed by atoms with Gasteiger partial charge in [-0.1, -0.05) is 25.5 Å². The molecule has 1 atom stereocenters. The first kappa shape index (κ1) is 22.9. The molecule has 0 aromatic heterocycles. The van der Waals surface area contributed by atoms with Crippen molar-refractivity contribution in [3.63, 3.8) is 0 Å². The van der Waals surface area contributed by atoms with Gasteiger partial charge in [-0.25, -0.2) is 9.59 Å². The van der Waals surface area contributed by atoms with Crippen LogP contribution >= 0.6 is 0 Å². The molecule has 1 aliphatic rings. The van der Waals surface area contributed by atoms with Gasteiger partial charge < -0.3 is 24.3 Å². The average molecular weight is 442 g/mol. The minimum Gasteiger partial charge on any atom is -0.494 e. The van der Waals surface area contributed by atoms with Gasteiger partial charge in [-0.3, -0.25) is 10.1 Å². The van der Waals surface area contributed by atoms with Crippen LogP contribution < -0.4 is 24.8 Å². The first-order valence-electron chi connectivity index (χ1n) is 10.4. The quantitative estimate of drug-likeness (QED) is 0.454. The van der Waals surface area contributed by atoms with E-state index in [4.69, 9.17) is 18.9 Å². The largest absolute Gasteiger partial charge is 0.494 e. The number of carbonyl (C=O) groups excluding carboxylic acids is 3. The maximum Gasteiger partial charge on any atom is 0.338 e. The molecule has 1 aliphatic heterocycles. The highest BCUT2D eigenvalue weighted by Gasteiger charge is 2.21. The smallest absolute Gasteiger partial charge is 0.338 e. The van der Waals surface area contributed by atoms with E-state index in [1.807, 2.05) is 12.1 Å². The summed E-state index contributed by atoms with van der Waals surface area (Å²) in [5.41, 5.74) is 0.278. The molecule has 9 heteroatoms. The zero-order valence-electron chi connectivity index (χ0n) is 17.8. The number of imide groups is 1. The van der Waals surface area contributed by atoms with E-state index in [0.717, 1.165) is 12.8 Å². The van der Waals surface area contributed by atoms with Crippen LogP contribution in [0.4, 0.5) is 4.79 Å². The van der Waals surface area contributed by atoms with Crippen LogP contribution in [-0.2, 0) is 9.53 Å². The lowest BCUT2D eigenvalue weighted by atomic mass is 10.2. The summed E-state index contributed by atoms with van der Waals surface area (Å²) in [5, 5.41) is 4.63. The van der Waals surface area contributed by atoms with E-state index < -0.39 is 30.6 Å². The van der Waals surface area contributed by atoms with Gasteiger partial charge in [-0.15, -0.1) is 0 Å². The molecule has 3 rings (SSSR count). The Hall–Kier alpha value is -3.75. The Kier molecular flexibility index (Phi) is 8.30. The van der Waals surface area contributed by atoms with Gasteiger partial charge in [-0.2, -0.15) is 0 Å². The molecule has 2 N–H and O–H groups in total. The Balaban J connectivity index is 1.34. The lowest BCUT2D eigenvalue weighted by Gasteiger charge is -2.26. The summed E-state index contributed by atoms with van der Waals surface area (Å²) < 4.78 is 21.8. The van der Waals surface area contributed by atoms with Crippen molar-refractivity contribution in [1.82, 2.24) is 10.6 Å². The number of carbonyl (C=O) groups is 3. The predicted molar refractivity (Wildman–Crippen MR) is 115 cm³/mol. The zero-order chi connectivity index (χ0) is 22.8. The normalized spacial score (nSPS) is 14.2. The van der Waals surface area contributed by atoms with Gasteiger partial charge in [0.2, 0.25) is 0 Å². The van der Waals surface area contributed by atoms with E-state index in [0.29, 0.717) is 23.9 Å². The van der Waals surface area contributed by atoms with E-state index >= 15 is 0 Å². The number of hydrogen-bond donors (Lipinski definition) is 2. The number of rotatable bonds is 9. The van der Waals surface area contributed by atoms with Crippen molar-refractivity contribution in [3.05, 3.63) is 54.1 Å². The van der Waals surface area contributed by atoms with Gasteiger partial charge in [-0.05, 0) is 42.8 Å². The maximum absolute atomic E-state index is 12.1. The fraction of sp³-hybridized carbons (Fsp3) is 0.348. The molecule has 3 amide bonds. The third kappa shape index (κ3) is 6.90. The fourth-order valence-corrected chi connectivity index (χ4v) is 2.81. The summed E-state index contributed by atoms with van der Waals surface area (Å²) >= 11 is 0. The molecule has 9 nitrogen and oxygen atoms in total. The van der Waals surface area contributed by atoms with Gasteiger partial charge in [0.05, 0.1) is 18.7 Å². The second kappa shape index (κ2) is 11.6. The SMILES string of the molecule is CCCCOc1ccc(C(=O)OCC(=O)NC(=O)NCC2COc3ccccc3O2)cc1. The summed E-state index contributed by atoms with van der Waals surface area (Å²) in [6.45, 7) is 2.50. The van der Waals surface area contributed by atoms with Gasteiger partial charge >= 0.3 is 12.0 Å². The van der Waals surface area contributed by atoms with E-state index in [2.05, 4.69) is 17.6 Å². The number of esters is 1. The summed E-state index contributed by atoms with van der Waals surface area (Å²) in [7, 11) is 0. The molecule has 2 aromatic rings. The molecule has 1 heterocycles. The molecular formula is C23H26N2O7. The van der Waals surface area contributed by atoms with Crippen LogP contribution in [-0.4, -0.2) is 50.4 Å². The Morgan fingerprint density at radius 1 is 1.06 bits per heavy atom. The minimum absolute atomic E-state index is 0.139. The number of amides is 3. The number of fused-ring (bicyclic) bond motifs is 1. The number of hydrogen-bond acceptors (Lipinski definition) is 7. The molecule has 0 spiro atoms. The van der Waals surface area contributed by atoms with Crippen molar-refractivity contribution in [2.24, 2.45) is 0 Å². The summed E-state index contributed by atoms with van der Waals surface area (Å²) in [6, 6.07) is 12.9. The lowest BCUT2D eigenvalue weighted by molar-refractivity contribution is -0.123. The van der Waals surface area contributed by atoms with E-state index in [-0.39, 0.29) is 18.7 Å². The number of urea groups is 1. The van der Waals surface area contributed by atoms with Crippen LogP contribution in [0.1, 0.15) is 30.1 Å². The van der Waals surface area contributed by atoms with Crippen LogP contribution in [0.3, 0.4) is 0 Å². The number of ether oxygens (including phenoxy) is 4. The summed E-state index contributed by atoms with van der Waals surface area (Å²) in [6.07, 6.45) is 1.58. The molecule has 0 bridgehead atoms. The molecule has 2 aromatic carbocycles. The molecule has 0 fully saturated rings. The molecule has 0 saturated carbocycles. The highest BCUT2D eigenvalue weighted by atomic mass is 16.6. The Morgan fingerprint density at radius 3 is 2.56 bits per heavy atom. The standard InChI is InChI=1S/C23H26N2O7/c1-2-3-12-29-17-10-8-16(9-11-17)22(27)31-15-21(26)25-23(28)24-13-18-14-30-19-6-4-5-7-20(19)32-18/h4-11,18H,2-3,12-15H2,1H3,(H2,24,25,26,28). The van der Waals surface area contributed by atoms with Crippen LogP contribution in [0.5, 0.6) is 17.2 Å². The van der Waals surface area contributed by atoms with Crippen molar-refractivity contribution in [3.8, 4) is 17.2 Å². The maximum atomic E-state index is 12.1. The molecule has 0 saturated heterocycles. The summed E-state index contributed by atoms with van der Waals surface area (Å²) in [4.78, 5) is 35.9. The zero-order valence-corrected chi connectivity index (χ0v) is 17.8. The van der Waals surface area contributed by atoms with Gasteiger partial charge in [0.25, 0.3) is 5.91 Å². The highest BCUT2D eigenvalue weighted by Crippen LogP contribution is 2.30. The molecule has 0 radical (unpaired) electrons. The van der Waals surface area contributed by atoms with E-state index in [1.165, 1.54) is 0 Å². The topological polar surface area (TPSA) is 112 Å². The summed E-state index contributed by atoms with van der Waals surface area (Å²) in [5.74, 6) is 0.465. The van der Waals surface area contributed by atoms with E-state index in [9.17, 15) is 14.4 Å². The first-order chi connectivity index (χ1) is 15.5. The van der Waals surface area contributed by atoms with Gasteiger partial charge in [0.15, 0.2) is 24.2 Å². The minimum atomic E-state index is -0.749. The number of unbranched alkanes of at least 4 members (excludes halogenated alkanes) is 1. The fourth-order valence-electron chi connectivity index (χ4n) is 2.81. The van der Waals surface area contributed by atoms with Crippen LogP contribution in [0, 0.1) is 0 Å². The monoisotopic (exact) mass is 442 g/mol. The highest BCUT2D eigenvalue weighted by molar-refractivity contribution is 5.97. The van der Waals surface area contributed by atoms with E-state index in [1.54, 1.807) is 36.4 Å². The number of benzene rings is 2. The molecule has 32 heavy (non-hydrogen) atoms. The predicted octanol–water partition coefficient (Wildman–Crippen LogP) is 2.69. The number of para-hydroxylation sites is 2. The Labute approximate surface area is 186 Å². The van der Waals surface area contributed by atoms with Crippen LogP contribution in [0.25, 0.3) is 0 Å². The second-order valence-corrected chi connectivity index (χ2v) is 7.06. The van der Waals surface area contributed by atoms with Crippen molar-refractivity contribution in [2.75, 3.05) is 26.4 Å². The van der Waals surface area contributed by atoms with Crippen molar-refractivity contribution >= 4 is 17.9 Å². The molecular weight excluding hydrogens is 416 g/mol. The van der Waals surface area contributed by atoms with Gasteiger partial charge in [0.1, 0.15) is 12.4 Å². The third-order valence-electron chi connectivity index (χ3n) is 4.50. The first-order valence-corrected chi connectivity index (χ1v) is 10.4.